The molecule has 0 spiro atoms. The molecule has 28 heavy (non-hydrogen) atoms. The first-order valence-corrected chi connectivity index (χ1v) is 12.5. The number of halogens is 1. The van der Waals surface area contributed by atoms with E-state index in [1.54, 1.807) is 20.8 Å². The molecule has 0 aliphatic carbocycles. The maximum absolute atomic E-state index is 12.6. The Balaban J connectivity index is 2.33. The van der Waals surface area contributed by atoms with Gasteiger partial charge in [-0.15, -0.1) is 0 Å². The van der Waals surface area contributed by atoms with E-state index in [1.165, 1.54) is 18.2 Å². The smallest absolute Gasteiger partial charge is 0.245 e. The van der Waals surface area contributed by atoms with Gasteiger partial charge in [-0.2, -0.15) is 3.71 Å². The van der Waals surface area contributed by atoms with E-state index in [0.717, 1.165) is 12.5 Å². The van der Waals surface area contributed by atoms with Crippen molar-refractivity contribution in [3.8, 4) is 0 Å². The van der Waals surface area contributed by atoms with E-state index in [4.69, 9.17) is 4.52 Å². The number of rotatable bonds is 6. The second-order valence-electron chi connectivity index (χ2n) is 6.34. The van der Waals surface area contributed by atoms with Gasteiger partial charge >= 0.3 is 0 Å². The minimum atomic E-state index is -4.08. The Morgan fingerprint density at radius 1 is 1.18 bits per heavy atom. The number of benzene rings is 1. The van der Waals surface area contributed by atoms with Gasteiger partial charge in [-0.3, -0.25) is 4.79 Å². The van der Waals surface area contributed by atoms with Crippen LogP contribution >= 0.6 is 15.9 Å². The molecule has 12 heteroatoms. The number of hydrogen-bond acceptors (Lipinski definition) is 7. The van der Waals surface area contributed by atoms with Gasteiger partial charge in [0.05, 0.1) is 29.8 Å². The first kappa shape index (κ1) is 22.4. The van der Waals surface area contributed by atoms with E-state index in [0.29, 0.717) is 26.4 Å². The van der Waals surface area contributed by atoms with E-state index < -0.39 is 26.0 Å². The van der Waals surface area contributed by atoms with E-state index >= 15 is 0 Å². The number of aromatic nitrogens is 1. The van der Waals surface area contributed by atoms with Gasteiger partial charge in [0.15, 0.2) is 0 Å². The van der Waals surface area contributed by atoms with Gasteiger partial charge in [0.1, 0.15) is 5.76 Å². The van der Waals surface area contributed by atoms with Gasteiger partial charge in [-0.1, -0.05) is 5.16 Å². The summed E-state index contributed by atoms with van der Waals surface area (Å²) in [5, 5.41) is 6.55. The van der Waals surface area contributed by atoms with Gasteiger partial charge in [0.25, 0.3) is 0 Å². The van der Waals surface area contributed by atoms with Crippen molar-refractivity contribution in [3.63, 3.8) is 0 Å². The monoisotopic (exact) mass is 493 g/mol. The molecule has 154 valence electrons. The normalized spacial score (nSPS) is 13.2. The second-order valence-corrected chi connectivity index (χ2v) is 11.1. The van der Waals surface area contributed by atoms with Crippen LogP contribution in [-0.4, -0.2) is 40.4 Å². The molecule has 1 aromatic carbocycles. The molecule has 0 aliphatic rings. The minimum Gasteiger partial charge on any atom is -0.361 e. The standard InChI is InChI=1S/C16H20BrN3O6S2/c1-9(15-10(2)19-26-11(15)3)16(21)18-12-6-7-14(13(17)8-12)20(27(4,22)23)28(5,24)25/h6-9H,1-5H3,(H,18,21). The lowest BCUT2D eigenvalue weighted by molar-refractivity contribution is -0.117. The number of carbonyl (C=O) groups is 1. The molecule has 1 unspecified atom stereocenters. The van der Waals surface area contributed by atoms with Gasteiger partial charge in [-0.05, 0) is 54.9 Å². The molecule has 0 saturated carbocycles. The molecule has 1 N–H and O–H groups in total. The lowest BCUT2D eigenvalue weighted by atomic mass is 9.98. The van der Waals surface area contributed by atoms with Crippen molar-refractivity contribution in [1.82, 2.24) is 5.16 Å². The van der Waals surface area contributed by atoms with E-state index in [-0.39, 0.29) is 16.1 Å². The Hall–Kier alpha value is -1.92. The molecule has 0 radical (unpaired) electrons. The van der Waals surface area contributed by atoms with Crippen molar-refractivity contribution < 1.29 is 26.2 Å². The highest BCUT2D eigenvalue weighted by atomic mass is 79.9. The molecule has 9 nitrogen and oxygen atoms in total. The summed E-state index contributed by atoms with van der Waals surface area (Å²) < 4.78 is 53.3. The van der Waals surface area contributed by atoms with Crippen LogP contribution in [0, 0.1) is 13.8 Å². The van der Waals surface area contributed by atoms with Crippen LogP contribution < -0.4 is 9.03 Å². The molecular weight excluding hydrogens is 474 g/mol. The summed E-state index contributed by atoms with van der Waals surface area (Å²) in [7, 11) is -8.15. The van der Waals surface area contributed by atoms with Crippen molar-refractivity contribution >= 4 is 53.3 Å². The van der Waals surface area contributed by atoms with Gasteiger partial charge < -0.3 is 9.84 Å². The number of nitrogens with zero attached hydrogens (tertiary/aromatic N) is 2. The fraction of sp³-hybridized carbons (Fsp3) is 0.375. The average Bonchev–Trinajstić information content (AvgIpc) is 2.85. The predicted octanol–water partition coefficient (Wildman–Crippen LogP) is 2.52. The molecule has 1 atom stereocenters. The summed E-state index contributed by atoms with van der Waals surface area (Å²) in [6.45, 7) is 5.17. The molecule has 0 aliphatic heterocycles. The molecule has 2 rings (SSSR count). The maximum atomic E-state index is 12.6. The van der Waals surface area contributed by atoms with Crippen molar-refractivity contribution in [2.75, 3.05) is 21.5 Å². The van der Waals surface area contributed by atoms with Crippen LogP contribution in [0.4, 0.5) is 11.4 Å². The van der Waals surface area contributed by atoms with Gasteiger partial charge in [-0.25, -0.2) is 16.8 Å². The number of sulfonamides is 2. The zero-order valence-electron chi connectivity index (χ0n) is 15.8. The zero-order valence-corrected chi connectivity index (χ0v) is 19.1. The van der Waals surface area contributed by atoms with Gasteiger partial charge in [0.2, 0.25) is 26.0 Å². The number of aryl methyl sites for hydroxylation is 2. The molecule has 1 amide bonds. The van der Waals surface area contributed by atoms with Gasteiger partial charge in [0, 0.05) is 15.7 Å². The topological polar surface area (TPSA) is 127 Å². The summed E-state index contributed by atoms with van der Waals surface area (Å²) in [6, 6.07) is 4.14. The number of hydrogen-bond donors (Lipinski definition) is 1. The maximum Gasteiger partial charge on any atom is 0.245 e. The summed E-state index contributed by atoms with van der Waals surface area (Å²) in [5.41, 5.74) is 1.59. The lowest BCUT2D eigenvalue weighted by Gasteiger charge is -2.21. The van der Waals surface area contributed by atoms with Crippen LogP contribution in [0.1, 0.15) is 29.9 Å². The second kappa shape index (κ2) is 7.84. The fourth-order valence-electron chi connectivity index (χ4n) is 2.83. The highest BCUT2D eigenvalue weighted by molar-refractivity contribution is 9.10. The van der Waals surface area contributed by atoms with Crippen molar-refractivity contribution in [3.05, 3.63) is 39.7 Å². The van der Waals surface area contributed by atoms with Crippen LogP contribution in [0.15, 0.2) is 27.2 Å². The van der Waals surface area contributed by atoms with E-state index in [9.17, 15) is 21.6 Å². The largest absolute Gasteiger partial charge is 0.361 e. The molecule has 0 fully saturated rings. The Morgan fingerprint density at radius 3 is 2.18 bits per heavy atom. The Kier molecular flexibility index (Phi) is 6.26. The van der Waals surface area contributed by atoms with Crippen molar-refractivity contribution in [1.29, 1.82) is 0 Å². The Labute approximate surface area is 172 Å². The zero-order chi connectivity index (χ0) is 21.4. The molecule has 1 heterocycles. The van der Waals surface area contributed by atoms with Crippen molar-refractivity contribution in [2.45, 2.75) is 26.7 Å². The number of anilines is 2. The average molecular weight is 494 g/mol. The van der Waals surface area contributed by atoms with Crippen LogP contribution in [0.2, 0.25) is 0 Å². The third kappa shape index (κ3) is 4.73. The molecular formula is C16H20BrN3O6S2. The van der Waals surface area contributed by atoms with Crippen LogP contribution in [-0.2, 0) is 24.8 Å². The Morgan fingerprint density at radius 2 is 1.75 bits per heavy atom. The Bertz CT molecular complexity index is 1070. The van der Waals surface area contributed by atoms with Crippen LogP contribution in [0.3, 0.4) is 0 Å². The fourth-order valence-corrected chi connectivity index (χ4v) is 6.62. The minimum absolute atomic E-state index is 0.0817. The number of carbonyl (C=O) groups excluding carboxylic acids is 1. The number of nitrogens with one attached hydrogen (secondary N) is 1. The third-order valence-electron chi connectivity index (χ3n) is 3.93. The SMILES string of the molecule is Cc1noc(C)c1C(C)C(=O)Nc1ccc(N(S(C)(=O)=O)S(C)(=O)=O)c(Br)c1. The molecule has 1 aromatic heterocycles. The van der Waals surface area contributed by atoms with E-state index in [1.807, 2.05) is 0 Å². The summed E-state index contributed by atoms with van der Waals surface area (Å²) >= 11 is 3.17. The molecule has 0 saturated heterocycles. The summed E-state index contributed by atoms with van der Waals surface area (Å²) in [4.78, 5) is 12.6. The van der Waals surface area contributed by atoms with E-state index in [2.05, 4.69) is 26.4 Å². The highest BCUT2D eigenvalue weighted by Gasteiger charge is 2.29. The predicted molar refractivity (Wildman–Crippen MR) is 109 cm³/mol. The van der Waals surface area contributed by atoms with Crippen molar-refractivity contribution in [2.24, 2.45) is 0 Å². The quantitative estimate of drug-likeness (QED) is 0.654. The third-order valence-corrected chi connectivity index (χ3v) is 7.79. The first-order valence-electron chi connectivity index (χ1n) is 7.97. The summed E-state index contributed by atoms with van der Waals surface area (Å²) in [6.07, 6.45) is 1.59. The van der Waals surface area contributed by atoms with Crippen LogP contribution in [0.25, 0.3) is 0 Å². The highest BCUT2D eigenvalue weighted by Crippen LogP contribution is 2.33. The summed E-state index contributed by atoms with van der Waals surface area (Å²) in [5.74, 6) is -0.306. The van der Waals surface area contributed by atoms with Crippen LogP contribution in [0.5, 0.6) is 0 Å². The molecule has 2 aromatic rings. The lowest BCUT2D eigenvalue weighted by Crippen LogP contribution is -2.35. The number of amides is 1. The molecule has 0 bridgehead atoms. The first-order chi connectivity index (χ1) is 12.7.